The summed E-state index contributed by atoms with van der Waals surface area (Å²) in [7, 11) is 0. The van der Waals surface area contributed by atoms with Crippen LogP contribution in [0, 0.1) is 0 Å². The van der Waals surface area contributed by atoms with Gasteiger partial charge in [-0.3, -0.25) is 0 Å². The molecular formula is C21H21F3N4S. The molecule has 2 aromatic heterocycles. The van der Waals surface area contributed by atoms with Crippen LogP contribution in [0.4, 0.5) is 24.7 Å². The van der Waals surface area contributed by atoms with Gasteiger partial charge in [0, 0.05) is 10.6 Å². The topological polar surface area (TPSA) is 63.8 Å². The first-order valence-corrected chi connectivity index (χ1v) is 10.3. The molecule has 2 heterocycles. The Balaban J connectivity index is 1.65. The number of alkyl halides is 3. The molecule has 4 nitrogen and oxygen atoms in total. The zero-order valence-corrected chi connectivity index (χ0v) is 16.7. The molecule has 0 aliphatic heterocycles. The Morgan fingerprint density at radius 2 is 1.97 bits per heavy atom. The third-order valence-corrected chi connectivity index (χ3v) is 6.21. The number of nitrogens with two attached hydrogens (primary N) is 1. The fourth-order valence-electron chi connectivity index (χ4n) is 3.57. The van der Waals surface area contributed by atoms with Crippen LogP contribution < -0.4 is 11.1 Å². The maximum absolute atomic E-state index is 13.1. The van der Waals surface area contributed by atoms with Gasteiger partial charge < -0.3 is 11.1 Å². The van der Waals surface area contributed by atoms with Crippen LogP contribution in [-0.2, 0) is 6.18 Å². The second kappa shape index (κ2) is 7.67. The van der Waals surface area contributed by atoms with E-state index in [1.807, 2.05) is 0 Å². The molecule has 0 saturated heterocycles. The molecule has 3 N–H and O–H groups in total. The van der Waals surface area contributed by atoms with Crippen molar-refractivity contribution in [1.29, 1.82) is 0 Å². The summed E-state index contributed by atoms with van der Waals surface area (Å²) < 4.78 is 39.4. The van der Waals surface area contributed by atoms with Crippen molar-refractivity contribution in [3.05, 3.63) is 52.7 Å². The Labute approximate surface area is 170 Å². The Kier molecular flexibility index (Phi) is 5.21. The minimum atomic E-state index is -4.44. The Morgan fingerprint density at radius 3 is 2.69 bits per heavy atom. The number of nitrogens with zero attached hydrogens (tertiary/aromatic N) is 2. The standard InChI is InChI=1S/C21H21F3N4S/c1-12(14-7-15(21(22,23)24)9-16(25)8-14)28-19-17-10-18(13-5-3-2-4-6-13)29-20(17)27-11-26-19/h5,7-12H,2-4,6,25H2,1H3,(H,26,27,28)/t12-/m1/s1. The molecule has 0 fully saturated rings. The summed E-state index contributed by atoms with van der Waals surface area (Å²) >= 11 is 1.62. The van der Waals surface area contributed by atoms with Crippen LogP contribution in [0.3, 0.4) is 0 Å². The Morgan fingerprint density at radius 1 is 1.14 bits per heavy atom. The van der Waals surface area contributed by atoms with Crippen LogP contribution in [0.5, 0.6) is 0 Å². The molecule has 0 saturated carbocycles. The summed E-state index contributed by atoms with van der Waals surface area (Å²) in [6.45, 7) is 1.79. The van der Waals surface area contributed by atoms with Crippen LogP contribution in [0.15, 0.2) is 36.7 Å². The summed E-state index contributed by atoms with van der Waals surface area (Å²) in [5.41, 5.74) is 6.82. The molecule has 29 heavy (non-hydrogen) atoms. The first kappa shape index (κ1) is 19.7. The lowest BCUT2D eigenvalue weighted by molar-refractivity contribution is -0.137. The zero-order valence-electron chi connectivity index (χ0n) is 15.9. The first-order valence-electron chi connectivity index (χ1n) is 9.49. The summed E-state index contributed by atoms with van der Waals surface area (Å²) in [4.78, 5) is 10.7. The molecular weight excluding hydrogens is 397 g/mol. The highest BCUT2D eigenvalue weighted by molar-refractivity contribution is 7.19. The van der Waals surface area contributed by atoms with Gasteiger partial charge in [-0.15, -0.1) is 11.3 Å². The van der Waals surface area contributed by atoms with Crippen molar-refractivity contribution in [2.75, 3.05) is 11.1 Å². The molecule has 1 aliphatic rings. The van der Waals surface area contributed by atoms with Crippen molar-refractivity contribution in [1.82, 2.24) is 9.97 Å². The average Bonchev–Trinajstić information content (AvgIpc) is 3.13. The summed E-state index contributed by atoms with van der Waals surface area (Å²) in [5.74, 6) is 0.609. The summed E-state index contributed by atoms with van der Waals surface area (Å²) in [6.07, 6.45) is 3.87. The molecule has 0 unspecified atom stereocenters. The lowest BCUT2D eigenvalue weighted by Crippen LogP contribution is -2.12. The molecule has 8 heteroatoms. The van der Waals surface area contributed by atoms with Crippen LogP contribution in [0.2, 0.25) is 0 Å². The monoisotopic (exact) mass is 418 g/mol. The number of benzene rings is 1. The summed E-state index contributed by atoms with van der Waals surface area (Å²) in [5, 5.41) is 4.12. The molecule has 1 aromatic carbocycles. The normalized spacial score (nSPS) is 15.9. The van der Waals surface area contributed by atoms with E-state index in [2.05, 4.69) is 27.4 Å². The van der Waals surface area contributed by atoms with Crippen LogP contribution >= 0.6 is 11.3 Å². The van der Waals surface area contributed by atoms with Gasteiger partial charge in [0.2, 0.25) is 0 Å². The van der Waals surface area contributed by atoms with E-state index in [4.69, 9.17) is 5.73 Å². The van der Waals surface area contributed by atoms with Crippen LogP contribution in [0.1, 0.15) is 54.7 Å². The van der Waals surface area contributed by atoms with Gasteiger partial charge in [-0.2, -0.15) is 13.2 Å². The van der Waals surface area contributed by atoms with Gasteiger partial charge in [-0.05, 0) is 68.0 Å². The number of hydrogen-bond donors (Lipinski definition) is 2. The highest BCUT2D eigenvalue weighted by Crippen LogP contribution is 2.38. The van der Waals surface area contributed by atoms with Crippen molar-refractivity contribution in [3.8, 4) is 0 Å². The second-order valence-electron chi connectivity index (χ2n) is 7.28. The highest BCUT2D eigenvalue weighted by Gasteiger charge is 2.31. The number of rotatable bonds is 4. The molecule has 0 bridgehead atoms. The largest absolute Gasteiger partial charge is 0.416 e. The first-order chi connectivity index (χ1) is 13.8. The minimum absolute atomic E-state index is 0.0818. The zero-order chi connectivity index (χ0) is 20.6. The van der Waals surface area contributed by atoms with E-state index in [0.717, 1.165) is 35.2 Å². The van der Waals surface area contributed by atoms with Gasteiger partial charge in [0.15, 0.2) is 0 Å². The third-order valence-electron chi connectivity index (χ3n) is 5.10. The molecule has 3 aromatic rings. The predicted octanol–water partition coefficient (Wildman–Crippen LogP) is 6.42. The van der Waals surface area contributed by atoms with E-state index in [1.54, 1.807) is 24.3 Å². The van der Waals surface area contributed by atoms with Crippen LogP contribution in [-0.4, -0.2) is 9.97 Å². The number of thiophene rings is 1. The number of anilines is 2. The van der Waals surface area contributed by atoms with Gasteiger partial charge in [0.05, 0.1) is 17.0 Å². The molecule has 152 valence electrons. The number of nitrogens with one attached hydrogen (secondary N) is 1. The van der Waals surface area contributed by atoms with Crippen molar-refractivity contribution in [2.24, 2.45) is 0 Å². The fraction of sp³-hybridized carbons (Fsp3) is 0.333. The van der Waals surface area contributed by atoms with Gasteiger partial charge in [-0.1, -0.05) is 6.08 Å². The Bertz CT molecular complexity index is 1070. The fourth-order valence-corrected chi connectivity index (χ4v) is 4.64. The van der Waals surface area contributed by atoms with Crippen molar-refractivity contribution in [2.45, 2.75) is 44.8 Å². The van der Waals surface area contributed by atoms with E-state index in [9.17, 15) is 13.2 Å². The molecule has 0 spiro atoms. The molecule has 1 atom stereocenters. The Hall–Kier alpha value is -2.61. The van der Waals surface area contributed by atoms with Gasteiger partial charge >= 0.3 is 6.18 Å². The number of halogens is 3. The number of hydrogen-bond acceptors (Lipinski definition) is 5. The van der Waals surface area contributed by atoms with E-state index in [1.165, 1.54) is 29.6 Å². The van der Waals surface area contributed by atoms with E-state index >= 15 is 0 Å². The van der Waals surface area contributed by atoms with Crippen LogP contribution in [0.25, 0.3) is 15.8 Å². The number of fused-ring (bicyclic) bond motifs is 1. The van der Waals surface area contributed by atoms with Crippen molar-refractivity contribution < 1.29 is 13.2 Å². The number of nitrogen functional groups attached to an aromatic ring is 1. The lowest BCUT2D eigenvalue weighted by Gasteiger charge is -2.18. The maximum Gasteiger partial charge on any atom is 0.416 e. The quantitative estimate of drug-likeness (QED) is 0.480. The second-order valence-corrected chi connectivity index (χ2v) is 8.31. The van der Waals surface area contributed by atoms with Gasteiger partial charge in [0.1, 0.15) is 17.0 Å². The van der Waals surface area contributed by atoms with Gasteiger partial charge in [0.25, 0.3) is 0 Å². The van der Waals surface area contributed by atoms with E-state index in [-0.39, 0.29) is 5.69 Å². The molecule has 4 rings (SSSR count). The highest BCUT2D eigenvalue weighted by atomic mass is 32.1. The van der Waals surface area contributed by atoms with Gasteiger partial charge in [-0.25, -0.2) is 9.97 Å². The maximum atomic E-state index is 13.1. The SMILES string of the molecule is C[C@@H](Nc1ncnc2sc(C3=CCCCC3)cc12)c1cc(N)cc(C(F)(F)F)c1. The lowest BCUT2D eigenvalue weighted by atomic mass is 9.98. The molecule has 0 amide bonds. The third kappa shape index (κ3) is 4.22. The predicted molar refractivity (Wildman–Crippen MR) is 112 cm³/mol. The van der Waals surface area contributed by atoms with Crippen molar-refractivity contribution >= 4 is 38.6 Å². The van der Waals surface area contributed by atoms with Crippen molar-refractivity contribution in [3.63, 3.8) is 0 Å². The van der Waals surface area contributed by atoms with E-state index in [0.29, 0.717) is 11.4 Å². The summed E-state index contributed by atoms with van der Waals surface area (Å²) in [6, 6.07) is 5.29. The number of allylic oxidation sites excluding steroid dienone is 2. The molecule has 1 aliphatic carbocycles. The minimum Gasteiger partial charge on any atom is -0.399 e. The number of aromatic nitrogens is 2. The smallest absolute Gasteiger partial charge is 0.399 e. The molecule has 0 radical (unpaired) electrons. The average molecular weight is 418 g/mol. The van der Waals surface area contributed by atoms with E-state index < -0.39 is 17.8 Å².